The molecule has 0 aliphatic heterocycles. The highest BCUT2D eigenvalue weighted by Gasteiger charge is 2.18. The van der Waals surface area contributed by atoms with Gasteiger partial charge in [-0.05, 0) is 51.8 Å². The summed E-state index contributed by atoms with van der Waals surface area (Å²) in [5.74, 6) is -0.783. The van der Waals surface area contributed by atoms with Crippen molar-refractivity contribution in [2.24, 2.45) is 0 Å². The van der Waals surface area contributed by atoms with E-state index >= 15 is 0 Å². The summed E-state index contributed by atoms with van der Waals surface area (Å²) in [4.78, 5) is 15.9. The van der Waals surface area contributed by atoms with Crippen molar-refractivity contribution in [3.05, 3.63) is 82.8 Å². The molecule has 0 saturated carbocycles. The van der Waals surface area contributed by atoms with Gasteiger partial charge in [-0.15, -0.1) is 0 Å². The first-order valence-electron chi connectivity index (χ1n) is 8.36. The second kappa shape index (κ2) is 9.01. The van der Waals surface area contributed by atoms with Gasteiger partial charge in [-0.3, -0.25) is 9.71 Å². The quantitative estimate of drug-likeness (QED) is 0.496. The van der Waals surface area contributed by atoms with E-state index in [1.165, 1.54) is 18.2 Å². The van der Waals surface area contributed by atoms with Crippen molar-refractivity contribution in [2.45, 2.75) is 11.4 Å². The molecule has 3 aromatic rings. The molecule has 0 saturated heterocycles. The zero-order chi connectivity index (χ0) is 20.9. The van der Waals surface area contributed by atoms with Gasteiger partial charge < -0.3 is 10.6 Å². The van der Waals surface area contributed by atoms with E-state index in [9.17, 15) is 17.6 Å². The maximum atomic E-state index is 14.3. The highest BCUT2D eigenvalue weighted by atomic mass is 79.9. The number of urea groups is 1. The van der Waals surface area contributed by atoms with Crippen molar-refractivity contribution in [3.63, 3.8) is 0 Å². The van der Waals surface area contributed by atoms with Crippen molar-refractivity contribution in [1.29, 1.82) is 0 Å². The van der Waals surface area contributed by atoms with Crippen LogP contribution < -0.4 is 15.4 Å². The van der Waals surface area contributed by atoms with Crippen LogP contribution in [0.3, 0.4) is 0 Å². The normalized spacial score (nSPS) is 11.0. The summed E-state index contributed by atoms with van der Waals surface area (Å²) in [6, 6.07) is 12.8. The predicted molar refractivity (Wildman–Crippen MR) is 111 cm³/mol. The molecule has 0 radical (unpaired) electrons. The van der Waals surface area contributed by atoms with Crippen LogP contribution >= 0.6 is 15.9 Å². The molecule has 3 N–H and O–H groups in total. The average Bonchev–Trinajstić information content (AvgIpc) is 2.69. The number of nitrogens with one attached hydrogen (secondary N) is 3. The Labute approximate surface area is 175 Å². The highest BCUT2D eigenvalue weighted by molar-refractivity contribution is 9.10. The van der Waals surface area contributed by atoms with Crippen LogP contribution in [0, 0.1) is 5.82 Å². The lowest BCUT2D eigenvalue weighted by atomic mass is 10.2. The number of pyridine rings is 1. The summed E-state index contributed by atoms with van der Waals surface area (Å²) in [6.45, 7) is 0.227. The first-order valence-corrected chi connectivity index (χ1v) is 10.6. The maximum Gasteiger partial charge on any atom is 0.319 e. The molecular formula is C19H16BrFN4O3S. The standard InChI is InChI=1S/C19H16BrFN4O3S/c20-15-5-1-2-6-18(15)29(27,28)25-14-7-8-17(16(21)10-14)24-19(26)23-12-13-4-3-9-22-11-13/h1-11,25H,12H2,(H2,23,24,26). The molecular weight excluding hydrogens is 463 g/mol. The number of rotatable bonds is 6. The van der Waals surface area contributed by atoms with Gasteiger partial charge >= 0.3 is 6.03 Å². The Balaban J connectivity index is 1.65. The predicted octanol–water partition coefficient (Wildman–Crippen LogP) is 4.11. The Kier molecular flexibility index (Phi) is 6.45. The van der Waals surface area contributed by atoms with Gasteiger partial charge in [0.1, 0.15) is 10.7 Å². The SMILES string of the molecule is O=C(NCc1cccnc1)Nc1ccc(NS(=O)(=O)c2ccccc2Br)cc1F. The lowest BCUT2D eigenvalue weighted by Crippen LogP contribution is -2.28. The molecule has 29 heavy (non-hydrogen) atoms. The highest BCUT2D eigenvalue weighted by Crippen LogP contribution is 2.25. The van der Waals surface area contributed by atoms with Crippen molar-refractivity contribution < 1.29 is 17.6 Å². The van der Waals surface area contributed by atoms with E-state index in [2.05, 4.69) is 36.3 Å². The molecule has 0 spiro atoms. The topological polar surface area (TPSA) is 100 Å². The van der Waals surface area contributed by atoms with Crippen LogP contribution in [0.15, 0.2) is 76.4 Å². The van der Waals surface area contributed by atoms with Gasteiger partial charge in [0, 0.05) is 29.5 Å². The van der Waals surface area contributed by atoms with Gasteiger partial charge in [-0.25, -0.2) is 17.6 Å². The minimum absolute atomic E-state index is 0.0254. The third-order valence-electron chi connectivity index (χ3n) is 3.77. The van der Waals surface area contributed by atoms with Crippen LogP contribution in [-0.2, 0) is 16.6 Å². The third kappa shape index (κ3) is 5.52. The fraction of sp³-hybridized carbons (Fsp3) is 0.0526. The van der Waals surface area contributed by atoms with Crippen LogP contribution in [0.5, 0.6) is 0 Å². The van der Waals surface area contributed by atoms with E-state index in [0.29, 0.717) is 4.47 Å². The van der Waals surface area contributed by atoms with E-state index in [1.807, 2.05) is 0 Å². The molecule has 2 aromatic carbocycles. The summed E-state index contributed by atoms with van der Waals surface area (Å²) in [5.41, 5.74) is 0.733. The van der Waals surface area contributed by atoms with Gasteiger partial charge in [0.25, 0.3) is 10.0 Å². The summed E-state index contributed by atoms with van der Waals surface area (Å²) < 4.78 is 42.0. The van der Waals surface area contributed by atoms with Crippen LogP contribution in [-0.4, -0.2) is 19.4 Å². The number of carbonyl (C=O) groups is 1. The molecule has 0 aliphatic rings. The van der Waals surface area contributed by atoms with Crippen molar-refractivity contribution >= 4 is 43.4 Å². The van der Waals surface area contributed by atoms with Gasteiger partial charge in [0.2, 0.25) is 0 Å². The number of halogens is 2. The zero-order valence-electron chi connectivity index (χ0n) is 14.9. The largest absolute Gasteiger partial charge is 0.334 e. The second-order valence-electron chi connectivity index (χ2n) is 5.90. The fourth-order valence-electron chi connectivity index (χ4n) is 2.40. The molecule has 150 valence electrons. The Morgan fingerprint density at radius 2 is 1.90 bits per heavy atom. The number of anilines is 2. The summed E-state index contributed by atoms with van der Waals surface area (Å²) in [7, 11) is -3.91. The zero-order valence-corrected chi connectivity index (χ0v) is 17.3. The van der Waals surface area contributed by atoms with Crippen molar-refractivity contribution in [2.75, 3.05) is 10.0 Å². The van der Waals surface area contributed by atoms with Gasteiger partial charge in [0.15, 0.2) is 0 Å². The third-order valence-corrected chi connectivity index (χ3v) is 6.16. The number of hydrogen-bond donors (Lipinski definition) is 3. The van der Waals surface area contributed by atoms with Crippen LogP contribution in [0.1, 0.15) is 5.56 Å². The van der Waals surface area contributed by atoms with Gasteiger partial charge in [-0.1, -0.05) is 18.2 Å². The number of aromatic nitrogens is 1. The number of benzene rings is 2. The molecule has 7 nitrogen and oxygen atoms in total. The van der Waals surface area contributed by atoms with Crippen molar-refractivity contribution in [3.8, 4) is 0 Å². The Hall–Kier alpha value is -2.98. The molecule has 0 bridgehead atoms. The molecule has 10 heteroatoms. The van der Waals surface area contributed by atoms with E-state index in [0.717, 1.165) is 11.6 Å². The van der Waals surface area contributed by atoms with Crippen molar-refractivity contribution in [1.82, 2.24) is 10.3 Å². The Bertz CT molecular complexity index is 1130. The number of amides is 2. The van der Waals surface area contributed by atoms with Crippen LogP contribution in [0.25, 0.3) is 0 Å². The average molecular weight is 479 g/mol. The lowest BCUT2D eigenvalue weighted by molar-refractivity contribution is 0.251. The summed E-state index contributed by atoms with van der Waals surface area (Å²) >= 11 is 3.18. The first-order chi connectivity index (χ1) is 13.8. The molecule has 0 fully saturated rings. The minimum atomic E-state index is -3.91. The fourth-order valence-corrected chi connectivity index (χ4v) is 4.46. The molecule has 3 rings (SSSR count). The molecule has 1 heterocycles. The molecule has 0 atom stereocenters. The first kappa shape index (κ1) is 20.7. The van der Waals surface area contributed by atoms with Crippen LogP contribution in [0.2, 0.25) is 0 Å². The van der Waals surface area contributed by atoms with E-state index in [1.54, 1.807) is 42.7 Å². The Morgan fingerprint density at radius 1 is 1.10 bits per heavy atom. The Morgan fingerprint density at radius 3 is 2.59 bits per heavy atom. The minimum Gasteiger partial charge on any atom is -0.334 e. The second-order valence-corrected chi connectivity index (χ2v) is 8.40. The number of carbonyl (C=O) groups excluding carboxylic acids is 1. The van der Waals surface area contributed by atoms with E-state index < -0.39 is 21.9 Å². The smallest absolute Gasteiger partial charge is 0.319 e. The lowest BCUT2D eigenvalue weighted by Gasteiger charge is -2.12. The summed E-state index contributed by atoms with van der Waals surface area (Å²) in [6.07, 6.45) is 3.22. The maximum absolute atomic E-state index is 14.3. The van der Waals surface area contributed by atoms with E-state index in [4.69, 9.17) is 0 Å². The molecule has 2 amide bonds. The number of hydrogen-bond acceptors (Lipinski definition) is 4. The summed E-state index contributed by atoms with van der Waals surface area (Å²) in [5, 5.41) is 4.96. The van der Waals surface area contributed by atoms with Gasteiger partial charge in [0.05, 0.1) is 11.4 Å². The molecule has 0 unspecified atom stereocenters. The van der Waals surface area contributed by atoms with Crippen LogP contribution in [0.4, 0.5) is 20.6 Å². The monoisotopic (exact) mass is 478 g/mol. The number of sulfonamides is 1. The molecule has 0 aliphatic carbocycles. The van der Waals surface area contributed by atoms with Gasteiger partial charge in [-0.2, -0.15) is 0 Å². The number of nitrogens with zero attached hydrogens (tertiary/aromatic N) is 1. The molecule has 1 aromatic heterocycles. The van der Waals surface area contributed by atoms with E-state index in [-0.39, 0.29) is 22.8 Å².